The summed E-state index contributed by atoms with van der Waals surface area (Å²) >= 11 is 0. The third-order valence-corrected chi connectivity index (χ3v) is 10.3. The standard InChI is InChI=1S/C34H58N2O10/c1-11-25-34(8,40)28(38)22(6)35-17-18(2)16-33(7)29(45-32-26(37)23(36(9)10)15-19(3)42-32)20(4)27(21(5)30(39)43-25)44-31(46-33)24-13-12-14-41-24/h12-14,18-23,25-29,31-32,35,37-38,40H,11,15-17H2,1-10H3/t18-,19-,20+,21-,22+,23+,25+,26-,27+,28-,29-,31?,32?,33?,34-/m1/s1. The van der Waals surface area contributed by atoms with Gasteiger partial charge in [0.1, 0.15) is 23.9 Å². The number of fused-ring (bicyclic) bond motifs is 3. The van der Waals surface area contributed by atoms with Gasteiger partial charge in [-0.1, -0.05) is 20.8 Å². The van der Waals surface area contributed by atoms with E-state index in [1.807, 2.05) is 39.8 Å². The maximum atomic E-state index is 13.9. The number of furan rings is 1. The van der Waals surface area contributed by atoms with E-state index in [-0.39, 0.29) is 24.5 Å². The first-order valence-electron chi connectivity index (χ1n) is 16.9. The average molecular weight is 655 g/mol. The molecular formula is C34H58N2O10. The van der Waals surface area contributed by atoms with Gasteiger partial charge in [-0.05, 0) is 92.6 Å². The van der Waals surface area contributed by atoms with Crippen LogP contribution < -0.4 is 5.32 Å². The number of ether oxygens (including phenoxy) is 5. The number of aliphatic hydroxyl groups is 3. The number of esters is 1. The lowest BCUT2D eigenvalue weighted by atomic mass is 9.78. The summed E-state index contributed by atoms with van der Waals surface area (Å²) in [5.41, 5.74) is -2.74. The summed E-state index contributed by atoms with van der Waals surface area (Å²) in [6, 6.07) is 2.82. The zero-order chi connectivity index (χ0) is 34.1. The molecule has 0 spiro atoms. The van der Waals surface area contributed by atoms with E-state index in [2.05, 4.69) is 12.2 Å². The molecule has 264 valence electrons. The number of carbonyl (C=O) groups excluding carboxylic acids is 1. The molecule has 0 aliphatic carbocycles. The second-order valence-electron chi connectivity index (χ2n) is 14.7. The zero-order valence-electron chi connectivity index (χ0n) is 29.2. The van der Waals surface area contributed by atoms with Crippen molar-refractivity contribution >= 4 is 5.97 Å². The van der Waals surface area contributed by atoms with Crippen molar-refractivity contribution in [2.24, 2.45) is 17.8 Å². The third-order valence-electron chi connectivity index (χ3n) is 10.3. The molecule has 4 heterocycles. The van der Waals surface area contributed by atoms with Crippen LogP contribution in [0.5, 0.6) is 0 Å². The van der Waals surface area contributed by atoms with Crippen molar-refractivity contribution in [3.05, 3.63) is 24.2 Å². The molecule has 12 nitrogen and oxygen atoms in total. The van der Waals surface area contributed by atoms with E-state index in [0.717, 1.165) is 0 Å². The van der Waals surface area contributed by atoms with Gasteiger partial charge in [-0.3, -0.25) is 4.79 Å². The first kappa shape index (κ1) is 37.2. The maximum absolute atomic E-state index is 13.9. The zero-order valence-corrected chi connectivity index (χ0v) is 29.2. The number of rotatable bonds is 5. The molecule has 1 aromatic rings. The highest BCUT2D eigenvalue weighted by Crippen LogP contribution is 2.45. The Labute approximate surface area is 274 Å². The smallest absolute Gasteiger partial charge is 0.311 e. The van der Waals surface area contributed by atoms with Gasteiger partial charge in [-0.15, -0.1) is 0 Å². The molecule has 3 unspecified atom stereocenters. The Morgan fingerprint density at radius 2 is 1.80 bits per heavy atom. The number of nitrogens with one attached hydrogen (secondary N) is 1. The highest BCUT2D eigenvalue weighted by Gasteiger charge is 2.54. The van der Waals surface area contributed by atoms with Crippen LogP contribution >= 0.6 is 0 Å². The Bertz CT molecular complexity index is 1120. The Kier molecular flexibility index (Phi) is 12.0. The fraction of sp³-hybridized carbons (Fsp3) is 0.853. The number of nitrogens with zero attached hydrogens (tertiary/aromatic N) is 1. The van der Waals surface area contributed by atoms with Crippen molar-refractivity contribution in [2.45, 2.75) is 147 Å². The van der Waals surface area contributed by atoms with Crippen molar-refractivity contribution in [1.82, 2.24) is 10.2 Å². The van der Waals surface area contributed by atoms with Gasteiger partial charge in [0.15, 0.2) is 12.1 Å². The van der Waals surface area contributed by atoms with Crippen LogP contribution in [0.25, 0.3) is 0 Å². The second kappa shape index (κ2) is 14.9. The molecule has 15 atom stereocenters. The normalized spacial score (nSPS) is 46.7. The second-order valence-corrected chi connectivity index (χ2v) is 14.7. The van der Waals surface area contributed by atoms with Gasteiger partial charge in [0, 0.05) is 18.0 Å². The van der Waals surface area contributed by atoms with Crippen LogP contribution in [0, 0.1) is 17.8 Å². The highest BCUT2D eigenvalue weighted by atomic mass is 16.7. The van der Waals surface area contributed by atoms with Gasteiger partial charge in [0.05, 0.1) is 36.1 Å². The Morgan fingerprint density at radius 1 is 1.11 bits per heavy atom. The van der Waals surface area contributed by atoms with E-state index < -0.39 is 78.1 Å². The van der Waals surface area contributed by atoms with E-state index in [1.54, 1.807) is 39.2 Å². The fourth-order valence-corrected chi connectivity index (χ4v) is 7.65. The molecule has 3 fully saturated rings. The van der Waals surface area contributed by atoms with Gasteiger partial charge in [0.25, 0.3) is 0 Å². The summed E-state index contributed by atoms with van der Waals surface area (Å²) in [6.45, 7) is 15.3. The number of likely N-dealkylation sites (N-methyl/N-ethyl adjacent to an activating group) is 1. The number of carbonyl (C=O) groups is 1. The first-order valence-corrected chi connectivity index (χ1v) is 16.9. The predicted molar refractivity (Wildman–Crippen MR) is 169 cm³/mol. The molecule has 0 amide bonds. The monoisotopic (exact) mass is 654 g/mol. The molecule has 3 aliphatic rings. The van der Waals surface area contributed by atoms with Gasteiger partial charge in [-0.2, -0.15) is 0 Å². The Morgan fingerprint density at radius 3 is 2.41 bits per heavy atom. The van der Waals surface area contributed by atoms with Gasteiger partial charge < -0.3 is 53.6 Å². The molecule has 4 rings (SSSR count). The van der Waals surface area contributed by atoms with Crippen LogP contribution in [0.15, 0.2) is 22.8 Å². The van der Waals surface area contributed by atoms with Crippen LogP contribution in [0.1, 0.15) is 86.7 Å². The topological polar surface area (TPSA) is 152 Å². The summed E-state index contributed by atoms with van der Waals surface area (Å²) < 4.78 is 38.3. The van der Waals surface area contributed by atoms with Crippen LogP contribution in [-0.4, -0.2) is 113 Å². The van der Waals surface area contributed by atoms with Gasteiger partial charge >= 0.3 is 5.97 Å². The minimum atomic E-state index is -1.72. The van der Waals surface area contributed by atoms with E-state index in [1.165, 1.54) is 6.92 Å². The van der Waals surface area contributed by atoms with E-state index in [0.29, 0.717) is 25.1 Å². The molecule has 12 heteroatoms. The first-order chi connectivity index (χ1) is 21.5. The van der Waals surface area contributed by atoms with Crippen molar-refractivity contribution in [2.75, 3.05) is 20.6 Å². The molecule has 1 aromatic heterocycles. The predicted octanol–water partition coefficient (Wildman–Crippen LogP) is 2.99. The van der Waals surface area contributed by atoms with Crippen LogP contribution in [0.2, 0.25) is 0 Å². The van der Waals surface area contributed by atoms with Crippen LogP contribution in [-0.2, 0) is 28.5 Å². The molecular weight excluding hydrogens is 596 g/mol. The Hall–Kier alpha value is -1.61. The van der Waals surface area contributed by atoms with Gasteiger partial charge in [0.2, 0.25) is 6.29 Å². The van der Waals surface area contributed by atoms with Crippen molar-refractivity contribution < 1.29 is 48.2 Å². The van der Waals surface area contributed by atoms with E-state index in [9.17, 15) is 20.1 Å². The lowest BCUT2D eigenvalue weighted by molar-refractivity contribution is -0.303. The lowest BCUT2D eigenvalue weighted by Gasteiger charge is -2.46. The minimum Gasteiger partial charge on any atom is -0.464 e. The average Bonchev–Trinajstić information content (AvgIpc) is 3.51. The number of hydrogen-bond acceptors (Lipinski definition) is 12. The summed E-state index contributed by atoms with van der Waals surface area (Å²) in [7, 11) is 3.85. The van der Waals surface area contributed by atoms with Gasteiger partial charge in [-0.25, -0.2) is 0 Å². The summed E-state index contributed by atoms with van der Waals surface area (Å²) in [5, 5.41) is 37.5. The largest absolute Gasteiger partial charge is 0.464 e. The molecule has 3 aliphatic heterocycles. The number of hydrogen-bond donors (Lipinski definition) is 4. The van der Waals surface area contributed by atoms with Crippen LogP contribution in [0.4, 0.5) is 0 Å². The van der Waals surface area contributed by atoms with Crippen molar-refractivity contribution in [3.63, 3.8) is 0 Å². The number of cyclic esters (lactones) is 1. The molecule has 3 saturated heterocycles. The third kappa shape index (κ3) is 7.82. The van der Waals surface area contributed by atoms with Crippen molar-refractivity contribution in [1.29, 1.82) is 0 Å². The summed E-state index contributed by atoms with van der Waals surface area (Å²) in [6.07, 6.45) is -3.76. The fourth-order valence-electron chi connectivity index (χ4n) is 7.65. The molecule has 4 N–H and O–H groups in total. The van der Waals surface area contributed by atoms with Crippen LogP contribution in [0.3, 0.4) is 0 Å². The molecule has 2 bridgehead atoms. The quantitative estimate of drug-likeness (QED) is 0.346. The minimum absolute atomic E-state index is 0.00949. The van der Waals surface area contributed by atoms with Crippen molar-refractivity contribution in [3.8, 4) is 0 Å². The van der Waals surface area contributed by atoms with E-state index >= 15 is 0 Å². The molecule has 46 heavy (non-hydrogen) atoms. The summed E-state index contributed by atoms with van der Waals surface area (Å²) in [4.78, 5) is 15.9. The molecule has 0 radical (unpaired) electrons. The number of aliphatic hydroxyl groups excluding tert-OH is 2. The van der Waals surface area contributed by atoms with E-state index in [4.69, 9.17) is 28.1 Å². The molecule has 0 saturated carbocycles. The lowest BCUT2D eigenvalue weighted by Crippen LogP contribution is -2.59. The highest BCUT2D eigenvalue weighted by molar-refractivity contribution is 5.73. The summed E-state index contributed by atoms with van der Waals surface area (Å²) in [5.74, 6) is -1.46. The maximum Gasteiger partial charge on any atom is 0.311 e. The SMILES string of the molecule is CC[C@@H]1OC(=O)[C@H](C)[C@H]2OC(c3ccco3)OC(C)(C[C@@H](C)CN[C@@H](C)[C@@H](O)[C@]1(C)O)[C@H](OC1O[C@H](C)C[C@H](N(C)C)[C@H]1O)[C@H]2C. The Balaban J connectivity index is 1.81. The molecule has 0 aromatic carbocycles.